The molecule has 0 aliphatic carbocycles. The van der Waals surface area contributed by atoms with E-state index in [1.54, 1.807) is 18.2 Å². The predicted molar refractivity (Wildman–Crippen MR) is 92.6 cm³/mol. The SMILES string of the molecule is COC(=O)c1ccc(OCCNC(=O)OCc2ccccc2)c(C)c1. The number of rotatable bonds is 7. The van der Waals surface area contributed by atoms with Gasteiger partial charge in [0.15, 0.2) is 0 Å². The van der Waals surface area contributed by atoms with Crippen LogP contribution in [0.1, 0.15) is 21.5 Å². The van der Waals surface area contributed by atoms with Crippen molar-refractivity contribution < 1.29 is 23.8 Å². The summed E-state index contributed by atoms with van der Waals surface area (Å²) in [4.78, 5) is 23.1. The summed E-state index contributed by atoms with van der Waals surface area (Å²) >= 11 is 0. The molecule has 25 heavy (non-hydrogen) atoms. The van der Waals surface area contributed by atoms with Crippen molar-refractivity contribution in [2.24, 2.45) is 0 Å². The van der Waals surface area contributed by atoms with Gasteiger partial charge >= 0.3 is 12.1 Å². The molecule has 0 aliphatic heterocycles. The average Bonchev–Trinajstić information content (AvgIpc) is 2.64. The van der Waals surface area contributed by atoms with Gasteiger partial charge in [-0.3, -0.25) is 0 Å². The summed E-state index contributed by atoms with van der Waals surface area (Å²) in [6.07, 6.45) is -0.495. The standard InChI is InChI=1S/C19H21NO5/c1-14-12-16(18(21)23-2)8-9-17(14)24-11-10-20-19(22)25-13-15-6-4-3-5-7-15/h3-9,12H,10-11,13H2,1-2H3,(H,20,22). The van der Waals surface area contributed by atoms with Crippen LogP contribution in [0, 0.1) is 6.92 Å². The van der Waals surface area contributed by atoms with E-state index >= 15 is 0 Å². The molecule has 6 nitrogen and oxygen atoms in total. The Balaban J connectivity index is 1.70. The largest absolute Gasteiger partial charge is 0.491 e. The molecule has 1 N–H and O–H groups in total. The molecule has 0 atom stereocenters. The number of methoxy groups -OCH3 is 1. The Morgan fingerprint density at radius 3 is 2.52 bits per heavy atom. The van der Waals surface area contributed by atoms with E-state index in [2.05, 4.69) is 10.1 Å². The molecule has 0 aliphatic rings. The first-order valence-corrected chi connectivity index (χ1v) is 7.86. The van der Waals surface area contributed by atoms with Gasteiger partial charge in [-0.1, -0.05) is 30.3 Å². The maximum absolute atomic E-state index is 11.6. The third kappa shape index (κ3) is 5.84. The molecule has 6 heteroatoms. The fourth-order valence-corrected chi connectivity index (χ4v) is 2.14. The number of nitrogens with one attached hydrogen (secondary N) is 1. The molecule has 0 unspecified atom stereocenters. The molecule has 1 amide bonds. The molecule has 0 fully saturated rings. The van der Waals surface area contributed by atoms with E-state index in [-0.39, 0.29) is 6.61 Å². The van der Waals surface area contributed by atoms with E-state index in [9.17, 15) is 9.59 Å². The highest BCUT2D eigenvalue weighted by Crippen LogP contribution is 2.19. The van der Waals surface area contributed by atoms with Crippen LogP contribution in [0.2, 0.25) is 0 Å². The lowest BCUT2D eigenvalue weighted by Gasteiger charge is -2.11. The number of carbonyl (C=O) groups excluding carboxylic acids is 2. The van der Waals surface area contributed by atoms with E-state index in [0.29, 0.717) is 24.5 Å². The fraction of sp³-hybridized carbons (Fsp3) is 0.263. The van der Waals surface area contributed by atoms with Crippen molar-refractivity contribution in [3.63, 3.8) is 0 Å². The Labute approximate surface area is 146 Å². The zero-order valence-corrected chi connectivity index (χ0v) is 14.3. The lowest BCUT2D eigenvalue weighted by Crippen LogP contribution is -2.28. The number of amides is 1. The molecular weight excluding hydrogens is 322 g/mol. The van der Waals surface area contributed by atoms with E-state index in [1.807, 2.05) is 37.3 Å². The zero-order chi connectivity index (χ0) is 18.1. The molecule has 2 aromatic carbocycles. The second kappa shape index (κ2) is 9.32. The van der Waals surface area contributed by atoms with Crippen LogP contribution in [-0.2, 0) is 16.1 Å². The van der Waals surface area contributed by atoms with Crippen LogP contribution in [0.15, 0.2) is 48.5 Å². The molecule has 0 bridgehead atoms. The number of ether oxygens (including phenoxy) is 3. The number of hydrogen-bond acceptors (Lipinski definition) is 5. The number of benzene rings is 2. The molecule has 2 rings (SSSR count). The van der Waals surface area contributed by atoms with Crippen molar-refractivity contribution in [1.29, 1.82) is 0 Å². The van der Waals surface area contributed by atoms with Crippen LogP contribution in [0.4, 0.5) is 4.79 Å². The summed E-state index contributed by atoms with van der Waals surface area (Å²) < 4.78 is 15.4. The van der Waals surface area contributed by atoms with Crippen molar-refractivity contribution in [2.75, 3.05) is 20.3 Å². The van der Waals surface area contributed by atoms with E-state index in [0.717, 1.165) is 11.1 Å². The van der Waals surface area contributed by atoms with Gasteiger partial charge in [-0.2, -0.15) is 0 Å². The van der Waals surface area contributed by atoms with Gasteiger partial charge in [-0.05, 0) is 36.2 Å². The number of aryl methyl sites for hydroxylation is 1. The minimum atomic E-state index is -0.495. The first-order chi connectivity index (χ1) is 12.1. The quantitative estimate of drug-likeness (QED) is 0.618. The lowest BCUT2D eigenvalue weighted by atomic mass is 10.1. The summed E-state index contributed by atoms with van der Waals surface area (Å²) in [5, 5.41) is 2.62. The van der Waals surface area contributed by atoms with E-state index < -0.39 is 12.1 Å². The third-order valence-electron chi connectivity index (χ3n) is 3.44. The zero-order valence-electron chi connectivity index (χ0n) is 14.3. The smallest absolute Gasteiger partial charge is 0.407 e. The van der Waals surface area contributed by atoms with E-state index in [4.69, 9.17) is 9.47 Å². The molecule has 0 aromatic heterocycles. The van der Waals surface area contributed by atoms with Gasteiger partial charge in [0, 0.05) is 0 Å². The third-order valence-corrected chi connectivity index (χ3v) is 3.44. The topological polar surface area (TPSA) is 73.9 Å². The Morgan fingerprint density at radius 1 is 1.08 bits per heavy atom. The number of carbonyl (C=O) groups is 2. The van der Waals surface area contributed by atoms with Crippen LogP contribution in [-0.4, -0.2) is 32.3 Å². The van der Waals surface area contributed by atoms with Crippen molar-refractivity contribution in [2.45, 2.75) is 13.5 Å². The molecule has 0 saturated heterocycles. The highest BCUT2D eigenvalue weighted by Gasteiger charge is 2.08. The monoisotopic (exact) mass is 343 g/mol. The Morgan fingerprint density at radius 2 is 1.84 bits per heavy atom. The second-order valence-corrected chi connectivity index (χ2v) is 5.31. The van der Waals surface area contributed by atoms with Gasteiger partial charge in [0.25, 0.3) is 0 Å². The molecule has 2 aromatic rings. The van der Waals surface area contributed by atoms with Gasteiger partial charge < -0.3 is 19.5 Å². The van der Waals surface area contributed by atoms with Gasteiger partial charge in [0.1, 0.15) is 19.0 Å². The summed E-state index contributed by atoms with van der Waals surface area (Å²) in [6.45, 7) is 2.66. The van der Waals surface area contributed by atoms with Crippen molar-refractivity contribution >= 4 is 12.1 Å². The van der Waals surface area contributed by atoms with E-state index in [1.165, 1.54) is 7.11 Å². The Bertz CT molecular complexity index is 715. The number of hydrogen-bond donors (Lipinski definition) is 1. The van der Waals surface area contributed by atoms with Crippen molar-refractivity contribution in [3.8, 4) is 5.75 Å². The normalized spacial score (nSPS) is 10.0. The highest BCUT2D eigenvalue weighted by atomic mass is 16.5. The van der Waals surface area contributed by atoms with Crippen LogP contribution >= 0.6 is 0 Å². The van der Waals surface area contributed by atoms with Gasteiger partial charge in [0.05, 0.1) is 19.2 Å². The molecular formula is C19H21NO5. The second-order valence-electron chi connectivity index (χ2n) is 5.31. The minimum Gasteiger partial charge on any atom is -0.491 e. The minimum absolute atomic E-state index is 0.224. The first-order valence-electron chi connectivity index (χ1n) is 7.86. The Hall–Kier alpha value is -3.02. The highest BCUT2D eigenvalue weighted by molar-refractivity contribution is 5.89. The summed E-state index contributed by atoms with van der Waals surface area (Å²) in [5.41, 5.74) is 2.21. The molecule has 0 spiro atoms. The molecule has 132 valence electrons. The molecule has 0 saturated carbocycles. The average molecular weight is 343 g/mol. The van der Waals surface area contributed by atoms with Gasteiger partial charge in [-0.25, -0.2) is 9.59 Å². The van der Waals surface area contributed by atoms with Crippen LogP contribution in [0.5, 0.6) is 5.75 Å². The lowest BCUT2D eigenvalue weighted by molar-refractivity contribution is 0.0600. The Kier molecular flexibility index (Phi) is 6.83. The fourth-order valence-electron chi connectivity index (χ4n) is 2.14. The maximum Gasteiger partial charge on any atom is 0.407 e. The molecule has 0 heterocycles. The van der Waals surface area contributed by atoms with Crippen LogP contribution in [0.3, 0.4) is 0 Å². The summed E-state index contributed by atoms with van der Waals surface area (Å²) in [5.74, 6) is 0.254. The van der Waals surface area contributed by atoms with Gasteiger partial charge in [0.2, 0.25) is 0 Å². The predicted octanol–water partition coefficient (Wildman–Crippen LogP) is 3.09. The van der Waals surface area contributed by atoms with Crippen LogP contribution in [0.25, 0.3) is 0 Å². The van der Waals surface area contributed by atoms with Crippen molar-refractivity contribution in [3.05, 3.63) is 65.2 Å². The van der Waals surface area contributed by atoms with Crippen LogP contribution < -0.4 is 10.1 Å². The first kappa shape index (κ1) is 18.3. The summed E-state index contributed by atoms with van der Waals surface area (Å²) in [7, 11) is 1.34. The molecule has 0 radical (unpaired) electrons. The number of alkyl carbamates (subject to hydrolysis) is 1. The number of esters is 1. The maximum atomic E-state index is 11.6. The van der Waals surface area contributed by atoms with Crippen molar-refractivity contribution in [1.82, 2.24) is 5.32 Å². The summed E-state index contributed by atoms with van der Waals surface area (Å²) in [6, 6.07) is 14.5. The van der Waals surface area contributed by atoms with Gasteiger partial charge in [-0.15, -0.1) is 0 Å².